The molecular formula is C15H22ClNS. The van der Waals surface area contributed by atoms with Crippen LogP contribution in [0.5, 0.6) is 0 Å². The lowest BCUT2D eigenvalue weighted by molar-refractivity contribution is 0.413. The molecular weight excluding hydrogens is 262 g/mol. The molecule has 0 saturated carbocycles. The van der Waals surface area contributed by atoms with Gasteiger partial charge in [-0.3, -0.25) is 0 Å². The number of nitrogens with one attached hydrogen (secondary N) is 1. The van der Waals surface area contributed by atoms with Crippen LogP contribution in [0.3, 0.4) is 0 Å². The van der Waals surface area contributed by atoms with Crippen LogP contribution in [-0.4, -0.2) is 17.0 Å². The number of thioether (sulfide) groups is 1. The first-order chi connectivity index (χ1) is 8.65. The molecule has 1 saturated heterocycles. The van der Waals surface area contributed by atoms with Crippen molar-refractivity contribution in [1.29, 1.82) is 0 Å². The van der Waals surface area contributed by atoms with Crippen LogP contribution < -0.4 is 5.32 Å². The smallest absolute Gasteiger partial charge is 0.0466 e. The summed E-state index contributed by atoms with van der Waals surface area (Å²) in [6, 6.07) is 8.77. The van der Waals surface area contributed by atoms with Gasteiger partial charge in [0, 0.05) is 15.8 Å². The Balaban J connectivity index is 2.21. The van der Waals surface area contributed by atoms with E-state index in [4.69, 9.17) is 11.6 Å². The minimum Gasteiger partial charge on any atom is -0.309 e. The van der Waals surface area contributed by atoms with Crippen molar-refractivity contribution in [3.63, 3.8) is 0 Å². The van der Waals surface area contributed by atoms with E-state index in [9.17, 15) is 0 Å². The van der Waals surface area contributed by atoms with E-state index in [1.54, 1.807) is 0 Å². The first kappa shape index (κ1) is 14.2. The number of halogens is 1. The Morgan fingerprint density at radius 2 is 2.11 bits per heavy atom. The van der Waals surface area contributed by atoms with Crippen molar-refractivity contribution in [2.24, 2.45) is 0 Å². The Kier molecular flexibility index (Phi) is 4.99. The molecule has 0 radical (unpaired) electrons. The molecule has 1 heterocycles. The molecule has 18 heavy (non-hydrogen) atoms. The molecule has 1 N–H and O–H groups in total. The van der Waals surface area contributed by atoms with Crippen molar-refractivity contribution in [3.8, 4) is 0 Å². The van der Waals surface area contributed by atoms with Crippen LogP contribution >= 0.6 is 23.4 Å². The molecule has 1 aromatic carbocycles. The van der Waals surface area contributed by atoms with Gasteiger partial charge >= 0.3 is 0 Å². The van der Waals surface area contributed by atoms with Crippen molar-refractivity contribution >= 4 is 23.4 Å². The van der Waals surface area contributed by atoms with Gasteiger partial charge in [-0.1, -0.05) is 30.7 Å². The highest BCUT2D eigenvalue weighted by Gasteiger charge is 2.38. The number of benzene rings is 1. The third-order valence-electron chi connectivity index (χ3n) is 3.66. The van der Waals surface area contributed by atoms with Gasteiger partial charge in [0.25, 0.3) is 0 Å². The van der Waals surface area contributed by atoms with Gasteiger partial charge in [0.15, 0.2) is 0 Å². The van der Waals surface area contributed by atoms with E-state index < -0.39 is 0 Å². The topological polar surface area (TPSA) is 12.0 Å². The van der Waals surface area contributed by atoms with Gasteiger partial charge in [-0.2, -0.15) is 11.8 Å². The molecule has 1 nitrogen and oxygen atoms in total. The second-order valence-electron chi connectivity index (χ2n) is 5.20. The second-order valence-corrected chi connectivity index (χ2v) is 7.27. The molecule has 100 valence electrons. The molecule has 3 heteroatoms. The molecule has 1 aromatic rings. The summed E-state index contributed by atoms with van der Waals surface area (Å²) in [5, 5.41) is 4.54. The maximum Gasteiger partial charge on any atom is 0.0466 e. The Morgan fingerprint density at radius 3 is 2.67 bits per heavy atom. The van der Waals surface area contributed by atoms with Crippen LogP contribution in [0.4, 0.5) is 0 Å². The third-order valence-corrected chi connectivity index (χ3v) is 5.51. The van der Waals surface area contributed by atoms with E-state index in [0.29, 0.717) is 10.8 Å². The molecule has 0 bridgehead atoms. The Labute approximate surface area is 120 Å². The zero-order valence-corrected chi connectivity index (χ0v) is 12.8. The summed E-state index contributed by atoms with van der Waals surface area (Å²) >= 11 is 8.10. The van der Waals surface area contributed by atoms with E-state index in [2.05, 4.69) is 43.1 Å². The molecule has 1 fully saturated rings. The van der Waals surface area contributed by atoms with Crippen LogP contribution in [0.15, 0.2) is 24.3 Å². The van der Waals surface area contributed by atoms with Crippen molar-refractivity contribution in [2.75, 3.05) is 12.3 Å². The molecule has 1 aliphatic heterocycles. The minimum absolute atomic E-state index is 0.322. The van der Waals surface area contributed by atoms with Crippen LogP contribution in [0, 0.1) is 0 Å². The zero-order valence-electron chi connectivity index (χ0n) is 11.2. The molecule has 0 aromatic heterocycles. The van der Waals surface area contributed by atoms with Crippen LogP contribution in [-0.2, 0) is 0 Å². The van der Waals surface area contributed by atoms with Gasteiger partial charge in [-0.05, 0) is 56.2 Å². The summed E-state index contributed by atoms with van der Waals surface area (Å²) in [6.07, 6.45) is 3.80. The normalized spacial score (nSPS) is 25.3. The first-order valence-electron chi connectivity index (χ1n) is 6.78. The lowest BCUT2D eigenvalue weighted by Crippen LogP contribution is -2.38. The summed E-state index contributed by atoms with van der Waals surface area (Å²) in [7, 11) is 0. The van der Waals surface area contributed by atoms with Crippen molar-refractivity contribution in [2.45, 2.75) is 43.9 Å². The highest BCUT2D eigenvalue weighted by Crippen LogP contribution is 2.46. The molecule has 2 rings (SSSR count). The fraction of sp³-hybridized carbons (Fsp3) is 0.600. The highest BCUT2D eigenvalue weighted by molar-refractivity contribution is 8.00. The van der Waals surface area contributed by atoms with Crippen molar-refractivity contribution in [3.05, 3.63) is 34.9 Å². The minimum atomic E-state index is 0.322. The van der Waals surface area contributed by atoms with Gasteiger partial charge in [0.2, 0.25) is 0 Å². The molecule has 2 atom stereocenters. The molecule has 2 unspecified atom stereocenters. The lowest BCUT2D eigenvalue weighted by Gasteiger charge is -2.34. The second kappa shape index (κ2) is 6.31. The van der Waals surface area contributed by atoms with E-state index >= 15 is 0 Å². The van der Waals surface area contributed by atoms with Crippen molar-refractivity contribution < 1.29 is 0 Å². The standard InChI is InChI=1S/C15H22ClNS/c1-3-10-17-14(15(2)9-4-11-18-15)12-5-7-13(16)8-6-12/h5-8,14,17H,3-4,9-11H2,1-2H3. The predicted octanol–water partition coefficient (Wildman–Crippen LogP) is 4.67. The molecule has 0 spiro atoms. The summed E-state index contributed by atoms with van der Waals surface area (Å²) in [6.45, 7) is 5.69. The maximum atomic E-state index is 5.99. The quantitative estimate of drug-likeness (QED) is 0.843. The Bertz CT molecular complexity index is 371. The molecule has 0 aliphatic carbocycles. The Hall–Kier alpha value is -0.180. The van der Waals surface area contributed by atoms with Gasteiger partial charge in [-0.25, -0.2) is 0 Å². The largest absolute Gasteiger partial charge is 0.309 e. The van der Waals surface area contributed by atoms with Gasteiger partial charge in [0.1, 0.15) is 0 Å². The average molecular weight is 284 g/mol. The fourth-order valence-corrected chi connectivity index (χ4v) is 4.21. The lowest BCUT2D eigenvalue weighted by atomic mass is 9.90. The first-order valence-corrected chi connectivity index (χ1v) is 8.15. The average Bonchev–Trinajstić information content (AvgIpc) is 2.80. The van der Waals surface area contributed by atoms with Crippen LogP contribution in [0.25, 0.3) is 0 Å². The van der Waals surface area contributed by atoms with Crippen LogP contribution in [0.1, 0.15) is 44.7 Å². The highest BCUT2D eigenvalue weighted by atomic mass is 35.5. The summed E-state index contributed by atoms with van der Waals surface area (Å²) in [5.41, 5.74) is 1.37. The van der Waals surface area contributed by atoms with E-state index in [-0.39, 0.29) is 0 Å². The SMILES string of the molecule is CCCNC(c1ccc(Cl)cc1)C1(C)CCCS1. The summed E-state index contributed by atoms with van der Waals surface area (Å²) in [5.74, 6) is 1.29. The van der Waals surface area contributed by atoms with Gasteiger partial charge in [0.05, 0.1) is 0 Å². The summed E-state index contributed by atoms with van der Waals surface area (Å²) < 4.78 is 0.322. The van der Waals surface area contributed by atoms with E-state index in [1.165, 1.54) is 30.6 Å². The zero-order chi connectivity index (χ0) is 13.0. The molecule has 0 amide bonds. The van der Waals surface area contributed by atoms with E-state index in [0.717, 1.165) is 11.6 Å². The maximum absolute atomic E-state index is 5.99. The van der Waals surface area contributed by atoms with E-state index in [1.807, 2.05) is 12.1 Å². The summed E-state index contributed by atoms with van der Waals surface area (Å²) in [4.78, 5) is 0. The third kappa shape index (κ3) is 3.23. The molecule has 1 aliphatic rings. The van der Waals surface area contributed by atoms with Crippen molar-refractivity contribution in [1.82, 2.24) is 5.32 Å². The Morgan fingerprint density at radius 1 is 1.39 bits per heavy atom. The van der Waals surface area contributed by atoms with Crippen LogP contribution in [0.2, 0.25) is 5.02 Å². The van der Waals surface area contributed by atoms with Gasteiger partial charge in [-0.15, -0.1) is 0 Å². The predicted molar refractivity (Wildman–Crippen MR) is 82.6 cm³/mol. The number of hydrogen-bond donors (Lipinski definition) is 1. The van der Waals surface area contributed by atoms with Gasteiger partial charge < -0.3 is 5.32 Å². The number of hydrogen-bond acceptors (Lipinski definition) is 2. The number of rotatable bonds is 5. The monoisotopic (exact) mass is 283 g/mol. The fourth-order valence-electron chi connectivity index (χ4n) is 2.66.